The Labute approximate surface area is 103 Å². The van der Waals surface area contributed by atoms with E-state index in [1.54, 1.807) is 0 Å². The summed E-state index contributed by atoms with van der Waals surface area (Å²) >= 11 is 5.66. The number of nitrogens with zero attached hydrogens (tertiary/aromatic N) is 4. The number of hydrogen-bond acceptors (Lipinski definition) is 5. The second kappa shape index (κ2) is 5.08. The first kappa shape index (κ1) is 11.8. The zero-order valence-corrected chi connectivity index (χ0v) is 9.59. The lowest BCUT2D eigenvalue weighted by atomic mass is 10.2. The fraction of sp³-hybridized carbons (Fsp3) is 0.400. The number of carbonyl (C=O) groups is 1. The highest BCUT2D eigenvalue weighted by atomic mass is 35.5. The first-order chi connectivity index (χ1) is 8.20. The predicted molar refractivity (Wildman–Crippen MR) is 58.3 cm³/mol. The number of morpholine rings is 1. The Morgan fingerprint density at radius 1 is 1.65 bits per heavy atom. The normalized spacial score (nSPS) is 19.8. The summed E-state index contributed by atoms with van der Waals surface area (Å²) in [6, 6.07) is 1.97. The van der Waals surface area contributed by atoms with Crippen LogP contribution in [0.25, 0.3) is 0 Å². The summed E-state index contributed by atoms with van der Waals surface area (Å²) in [5.41, 5.74) is 0.177. The number of hydrogen-bond donors (Lipinski definition) is 0. The van der Waals surface area contributed by atoms with E-state index in [-0.39, 0.29) is 23.3 Å². The third-order valence-electron chi connectivity index (χ3n) is 2.32. The van der Waals surface area contributed by atoms with E-state index in [0.717, 1.165) is 0 Å². The molecule has 1 atom stereocenters. The number of nitriles is 1. The summed E-state index contributed by atoms with van der Waals surface area (Å²) in [6.45, 7) is 1.02. The van der Waals surface area contributed by atoms with Crippen molar-refractivity contribution in [3.8, 4) is 6.07 Å². The van der Waals surface area contributed by atoms with Gasteiger partial charge in [-0.3, -0.25) is 9.78 Å². The molecular formula is C10H9ClN4O2. The summed E-state index contributed by atoms with van der Waals surface area (Å²) < 4.78 is 5.15. The zero-order valence-electron chi connectivity index (χ0n) is 8.84. The summed E-state index contributed by atoms with van der Waals surface area (Å²) in [5, 5.41) is 8.91. The minimum absolute atomic E-state index is 0.168. The number of carbonyl (C=O) groups excluding carboxylic acids is 1. The molecule has 0 spiro atoms. The minimum Gasteiger partial charge on any atom is -0.360 e. The largest absolute Gasteiger partial charge is 0.360 e. The van der Waals surface area contributed by atoms with Crippen LogP contribution >= 0.6 is 11.6 Å². The first-order valence-electron chi connectivity index (χ1n) is 4.99. The Balaban J connectivity index is 2.12. The van der Waals surface area contributed by atoms with Gasteiger partial charge in [-0.2, -0.15) is 5.26 Å². The predicted octanol–water partition coefficient (Wildman–Crippen LogP) is 0.495. The van der Waals surface area contributed by atoms with Crippen molar-refractivity contribution in [1.29, 1.82) is 5.26 Å². The van der Waals surface area contributed by atoms with E-state index in [1.165, 1.54) is 17.3 Å². The van der Waals surface area contributed by atoms with E-state index in [9.17, 15) is 4.79 Å². The van der Waals surface area contributed by atoms with Gasteiger partial charge in [-0.1, -0.05) is 11.6 Å². The van der Waals surface area contributed by atoms with Crippen LogP contribution in [0.2, 0.25) is 5.15 Å². The van der Waals surface area contributed by atoms with Crippen molar-refractivity contribution < 1.29 is 9.53 Å². The molecule has 6 nitrogen and oxygen atoms in total. The lowest BCUT2D eigenvalue weighted by molar-refractivity contribution is 0.00318. The van der Waals surface area contributed by atoms with Crippen LogP contribution in [0.15, 0.2) is 12.4 Å². The van der Waals surface area contributed by atoms with Gasteiger partial charge in [-0.25, -0.2) is 4.98 Å². The average molecular weight is 253 g/mol. The highest BCUT2D eigenvalue weighted by Gasteiger charge is 2.25. The lowest BCUT2D eigenvalue weighted by Gasteiger charge is -2.29. The van der Waals surface area contributed by atoms with Crippen molar-refractivity contribution in [2.75, 3.05) is 19.7 Å². The Morgan fingerprint density at radius 2 is 2.47 bits per heavy atom. The molecule has 1 amide bonds. The highest BCUT2D eigenvalue weighted by molar-refractivity contribution is 6.29. The van der Waals surface area contributed by atoms with Gasteiger partial charge in [0.05, 0.1) is 31.6 Å². The third kappa shape index (κ3) is 2.70. The van der Waals surface area contributed by atoms with Crippen LogP contribution in [-0.2, 0) is 4.74 Å². The van der Waals surface area contributed by atoms with Crippen molar-refractivity contribution in [1.82, 2.24) is 14.9 Å². The highest BCUT2D eigenvalue weighted by Crippen LogP contribution is 2.10. The van der Waals surface area contributed by atoms with Crippen molar-refractivity contribution >= 4 is 17.5 Å². The summed E-state index contributed by atoms with van der Waals surface area (Å²) in [5.74, 6) is -0.288. The molecule has 88 valence electrons. The van der Waals surface area contributed by atoms with Gasteiger partial charge < -0.3 is 9.64 Å². The van der Waals surface area contributed by atoms with Crippen LogP contribution in [0.1, 0.15) is 10.5 Å². The molecule has 1 unspecified atom stereocenters. The van der Waals surface area contributed by atoms with Gasteiger partial charge in [-0.15, -0.1) is 0 Å². The van der Waals surface area contributed by atoms with Gasteiger partial charge in [0.25, 0.3) is 5.91 Å². The number of rotatable bonds is 1. The quantitative estimate of drug-likeness (QED) is 0.727. The molecule has 2 heterocycles. The molecular weight excluding hydrogens is 244 g/mol. The molecule has 1 aliphatic heterocycles. The Bertz CT molecular complexity index is 474. The Kier molecular flexibility index (Phi) is 3.52. The number of aromatic nitrogens is 2. The van der Waals surface area contributed by atoms with E-state index < -0.39 is 6.10 Å². The summed E-state index contributed by atoms with van der Waals surface area (Å²) in [7, 11) is 0. The third-order valence-corrected chi connectivity index (χ3v) is 2.50. The average Bonchev–Trinajstić information content (AvgIpc) is 2.38. The summed E-state index contributed by atoms with van der Waals surface area (Å²) in [6.07, 6.45) is 2.13. The molecule has 0 aromatic carbocycles. The fourth-order valence-electron chi connectivity index (χ4n) is 1.52. The molecule has 1 aromatic rings. The molecule has 0 aliphatic carbocycles. The molecule has 1 aliphatic rings. The molecule has 1 saturated heterocycles. The van der Waals surface area contributed by atoms with Gasteiger partial charge in [0, 0.05) is 6.54 Å². The molecule has 1 fully saturated rings. The van der Waals surface area contributed by atoms with Crippen molar-refractivity contribution in [3.05, 3.63) is 23.2 Å². The topological polar surface area (TPSA) is 79.1 Å². The van der Waals surface area contributed by atoms with Crippen molar-refractivity contribution in [2.24, 2.45) is 0 Å². The maximum absolute atomic E-state index is 12.0. The molecule has 1 aromatic heterocycles. The van der Waals surface area contributed by atoms with E-state index in [0.29, 0.717) is 13.2 Å². The van der Waals surface area contributed by atoms with Gasteiger partial charge in [0.1, 0.15) is 10.8 Å². The van der Waals surface area contributed by atoms with E-state index >= 15 is 0 Å². The van der Waals surface area contributed by atoms with Crippen LogP contribution in [-0.4, -0.2) is 46.6 Å². The van der Waals surface area contributed by atoms with E-state index in [4.69, 9.17) is 21.6 Å². The zero-order chi connectivity index (χ0) is 12.3. The Morgan fingerprint density at radius 3 is 3.18 bits per heavy atom. The van der Waals surface area contributed by atoms with Crippen LogP contribution < -0.4 is 0 Å². The molecule has 0 radical (unpaired) electrons. The standard InChI is InChI=1S/C10H9ClN4O2/c11-9-5-13-4-8(14-9)10(16)15-1-2-17-7(3-12)6-15/h4-5,7H,1-2,6H2. The van der Waals surface area contributed by atoms with Crippen LogP contribution in [0.4, 0.5) is 0 Å². The number of ether oxygens (including phenoxy) is 1. The van der Waals surface area contributed by atoms with E-state index in [1.807, 2.05) is 6.07 Å². The van der Waals surface area contributed by atoms with Crippen LogP contribution in [0, 0.1) is 11.3 Å². The monoisotopic (exact) mass is 252 g/mol. The van der Waals surface area contributed by atoms with Gasteiger partial charge in [-0.05, 0) is 0 Å². The minimum atomic E-state index is -0.583. The lowest BCUT2D eigenvalue weighted by Crippen LogP contribution is -2.45. The first-order valence-corrected chi connectivity index (χ1v) is 5.36. The smallest absolute Gasteiger partial charge is 0.274 e. The van der Waals surface area contributed by atoms with Crippen LogP contribution in [0.3, 0.4) is 0 Å². The summed E-state index contributed by atoms with van der Waals surface area (Å²) in [4.78, 5) is 21.2. The second-order valence-electron chi connectivity index (χ2n) is 3.47. The molecule has 0 bridgehead atoms. The maximum Gasteiger partial charge on any atom is 0.274 e. The van der Waals surface area contributed by atoms with Crippen molar-refractivity contribution in [2.45, 2.75) is 6.10 Å². The molecule has 0 N–H and O–H groups in total. The molecule has 17 heavy (non-hydrogen) atoms. The number of halogens is 1. The van der Waals surface area contributed by atoms with Crippen molar-refractivity contribution in [3.63, 3.8) is 0 Å². The molecule has 7 heteroatoms. The molecule has 2 rings (SSSR count). The SMILES string of the molecule is N#CC1CN(C(=O)c2cncc(Cl)n2)CCO1. The maximum atomic E-state index is 12.0. The fourth-order valence-corrected chi connectivity index (χ4v) is 1.67. The Hall–Kier alpha value is -1.71. The van der Waals surface area contributed by atoms with Crippen LogP contribution in [0.5, 0.6) is 0 Å². The van der Waals surface area contributed by atoms with Gasteiger partial charge in [0.15, 0.2) is 6.10 Å². The van der Waals surface area contributed by atoms with Gasteiger partial charge >= 0.3 is 0 Å². The molecule has 0 saturated carbocycles. The van der Waals surface area contributed by atoms with Gasteiger partial charge in [0.2, 0.25) is 0 Å². The number of amides is 1. The van der Waals surface area contributed by atoms with E-state index in [2.05, 4.69) is 9.97 Å². The second-order valence-corrected chi connectivity index (χ2v) is 3.85.